The molecule has 0 saturated carbocycles. The highest BCUT2D eigenvalue weighted by Crippen LogP contribution is 2.34. The number of amides is 2. The minimum Gasteiger partial charge on any atom is -0.490 e. The first-order valence-corrected chi connectivity index (χ1v) is 9.55. The Morgan fingerprint density at radius 2 is 1.68 bits per heavy atom. The SMILES string of the molecule is CC(=O)N1CCN(S(=O)(=O)c2ccc3c(c2)N(C(C)=O)CCO3)CC1. The molecule has 8 nitrogen and oxygen atoms in total. The maximum absolute atomic E-state index is 12.9. The highest BCUT2D eigenvalue weighted by atomic mass is 32.2. The third-order valence-corrected chi connectivity index (χ3v) is 6.39. The Balaban J connectivity index is 1.87. The zero-order valence-corrected chi connectivity index (χ0v) is 15.1. The number of carbonyl (C=O) groups is 2. The monoisotopic (exact) mass is 367 g/mol. The zero-order chi connectivity index (χ0) is 18.2. The highest BCUT2D eigenvalue weighted by Gasteiger charge is 2.31. The third-order valence-electron chi connectivity index (χ3n) is 4.50. The van der Waals surface area contributed by atoms with Crippen LogP contribution in [-0.2, 0) is 19.6 Å². The van der Waals surface area contributed by atoms with Gasteiger partial charge in [-0.05, 0) is 18.2 Å². The van der Waals surface area contributed by atoms with Crippen LogP contribution in [0.25, 0.3) is 0 Å². The molecule has 0 bridgehead atoms. The summed E-state index contributed by atoms with van der Waals surface area (Å²) in [6.07, 6.45) is 0. The van der Waals surface area contributed by atoms with E-state index in [0.29, 0.717) is 37.7 Å². The van der Waals surface area contributed by atoms with Gasteiger partial charge >= 0.3 is 0 Å². The number of sulfonamides is 1. The zero-order valence-electron chi connectivity index (χ0n) is 14.3. The van der Waals surface area contributed by atoms with Crippen molar-refractivity contribution in [2.45, 2.75) is 18.7 Å². The topological polar surface area (TPSA) is 87.2 Å². The van der Waals surface area contributed by atoms with Crippen LogP contribution in [0.1, 0.15) is 13.8 Å². The number of rotatable bonds is 2. The van der Waals surface area contributed by atoms with Gasteiger partial charge in [-0.1, -0.05) is 0 Å². The van der Waals surface area contributed by atoms with Crippen LogP contribution in [0.15, 0.2) is 23.1 Å². The standard InChI is InChI=1S/C16H21N3O5S/c1-12(20)17-5-7-18(8-6-17)25(22,23)14-3-4-16-15(11-14)19(13(2)21)9-10-24-16/h3-4,11H,5-10H2,1-2H3. The van der Waals surface area contributed by atoms with Crippen LogP contribution in [0.2, 0.25) is 0 Å². The molecular formula is C16H21N3O5S. The number of hydrogen-bond donors (Lipinski definition) is 0. The minimum atomic E-state index is -3.69. The molecule has 0 atom stereocenters. The molecule has 1 fully saturated rings. The van der Waals surface area contributed by atoms with Gasteiger partial charge in [0.25, 0.3) is 0 Å². The molecule has 0 radical (unpaired) electrons. The molecule has 0 N–H and O–H groups in total. The van der Waals surface area contributed by atoms with E-state index in [-0.39, 0.29) is 29.8 Å². The van der Waals surface area contributed by atoms with Crippen molar-refractivity contribution in [2.75, 3.05) is 44.2 Å². The molecular weight excluding hydrogens is 346 g/mol. The fraction of sp³-hybridized carbons (Fsp3) is 0.500. The van der Waals surface area contributed by atoms with Crippen LogP contribution < -0.4 is 9.64 Å². The molecule has 0 spiro atoms. The Morgan fingerprint density at radius 1 is 1.00 bits per heavy atom. The number of hydrogen-bond acceptors (Lipinski definition) is 5. The van der Waals surface area contributed by atoms with Gasteiger partial charge in [-0.2, -0.15) is 4.31 Å². The second-order valence-electron chi connectivity index (χ2n) is 6.06. The van der Waals surface area contributed by atoms with E-state index in [1.807, 2.05) is 0 Å². The van der Waals surface area contributed by atoms with Crippen molar-refractivity contribution >= 4 is 27.5 Å². The van der Waals surface area contributed by atoms with Crippen molar-refractivity contribution in [1.82, 2.24) is 9.21 Å². The molecule has 1 aromatic carbocycles. The number of benzene rings is 1. The summed E-state index contributed by atoms with van der Waals surface area (Å²) in [6.45, 7) is 4.96. The molecule has 2 heterocycles. The van der Waals surface area contributed by atoms with Gasteiger partial charge in [0.2, 0.25) is 21.8 Å². The van der Waals surface area contributed by atoms with E-state index >= 15 is 0 Å². The fourth-order valence-corrected chi connectivity index (χ4v) is 4.52. The maximum Gasteiger partial charge on any atom is 0.243 e. The van der Waals surface area contributed by atoms with E-state index in [9.17, 15) is 18.0 Å². The Bertz CT molecular complexity index is 800. The summed E-state index contributed by atoms with van der Waals surface area (Å²) in [5, 5.41) is 0. The summed E-state index contributed by atoms with van der Waals surface area (Å²) in [4.78, 5) is 26.5. The first-order chi connectivity index (χ1) is 11.8. The van der Waals surface area contributed by atoms with E-state index in [4.69, 9.17) is 4.74 Å². The van der Waals surface area contributed by atoms with E-state index in [0.717, 1.165) is 0 Å². The number of fused-ring (bicyclic) bond motifs is 1. The Kier molecular flexibility index (Phi) is 4.70. The Labute approximate surface area is 147 Å². The van der Waals surface area contributed by atoms with Crippen LogP contribution in [0.3, 0.4) is 0 Å². The number of carbonyl (C=O) groups excluding carboxylic acids is 2. The van der Waals surface area contributed by atoms with E-state index in [2.05, 4.69) is 0 Å². The first-order valence-electron chi connectivity index (χ1n) is 8.11. The summed E-state index contributed by atoms with van der Waals surface area (Å²) in [7, 11) is -3.69. The Hall–Kier alpha value is -2.13. The normalized spacial score (nSPS) is 18.5. The molecule has 2 aliphatic heterocycles. The summed E-state index contributed by atoms with van der Waals surface area (Å²) in [6, 6.07) is 4.57. The quantitative estimate of drug-likeness (QED) is 0.750. The van der Waals surface area contributed by atoms with Gasteiger partial charge in [-0.3, -0.25) is 9.59 Å². The second-order valence-corrected chi connectivity index (χ2v) is 8.00. The van der Waals surface area contributed by atoms with Gasteiger partial charge in [0.15, 0.2) is 0 Å². The molecule has 136 valence electrons. The minimum absolute atomic E-state index is 0.0555. The number of anilines is 1. The van der Waals surface area contributed by atoms with Gasteiger partial charge < -0.3 is 14.5 Å². The summed E-state index contributed by atoms with van der Waals surface area (Å²) in [5.41, 5.74) is 0.474. The van der Waals surface area contributed by atoms with Crippen molar-refractivity contribution in [3.63, 3.8) is 0 Å². The van der Waals surface area contributed by atoms with Gasteiger partial charge in [-0.25, -0.2) is 8.42 Å². The maximum atomic E-state index is 12.9. The van der Waals surface area contributed by atoms with Gasteiger partial charge in [0.05, 0.1) is 17.1 Å². The van der Waals surface area contributed by atoms with E-state index in [1.165, 1.54) is 35.2 Å². The molecule has 25 heavy (non-hydrogen) atoms. The fourth-order valence-electron chi connectivity index (χ4n) is 3.08. The summed E-state index contributed by atoms with van der Waals surface area (Å²) < 4.78 is 32.7. The molecule has 9 heteroatoms. The van der Waals surface area contributed by atoms with Crippen molar-refractivity contribution in [1.29, 1.82) is 0 Å². The van der Waals surface area contributed by atoms with Crippen LogP contribution in [-0.4, -0.2) is 68.8 Å². The second kappa shape index (κ2) is 6.64. The lowest BCUT2D eigenvalue weighted by atomic mass is 10.2. The predicted octanol–water partition coefficient (Wildman–Crippen LogP) is 0.285. The lowest BCUT2D eigenvalue weighted by Gasteiger charge is -2.34. The lowest BCUT2D eigenvalue weighted by Crippen LogP contribution is -2.49. The smallest absolute Gasteiger partial charge is 0.243 e. The molecule has 2 amide bonds. The van der Waals surface area contributed by atoms with Gasteiger partial charge in [0, 0.05) is 40.0 Å². The number of piperazine rings is 1. The van der Waals surface area contributed by atoms with E-state index < -0.39 is 10.0 Å². The van der Waals surface area contributed by atoms with Gasteiger partial charge in [-0.15, -0.1) is 0 Å². The van der Waals surface area contributed by atoms with Crippen molar-refractivity contribution < 1.29 is 22.7 Å². The van der Waals surface area contributed by atoms with Crippen LogP contribution >= 0.6 is 0 Å². The van der Waals surface area contributed by atoms with Crippen LogP contribution in [0.5, 0.6) is 5.75 Å². The predicted molar refractivity (Wildman–Crippen MR) is 91.0 cm³/mol. The molecule has 0 unspecified atom stereocenters. The average Bonchev–Trinajstić information content (AvgIpc) is 2.60. The number of nitrogens with zero attached hydrogens (tertiary/aromatic N) is 3. The Morgan fingerprint density at radius 3 is 2.28 bits per heavy atom. The van der Waals surface area contributed by atoms with Crippen molar-refractivity contribution in [3.05, 3.63) is 18.2 Å². The summed E-state index contributed by atoms with van der Waals surface area (Å²) in [5.74, 6) is 0.288. The first kappa shape index (κ1) is 17.7. The van der Waals surface area contributed by atoms with Crippen molar-refractivity contribution in [3.8, 4) is 5.75 Å². The molecule has 3 rings (SSSR count). The largest absolute Gasteiger partial charge is 0.490 e. The molecule has 0 aromatic heterocycles. The lowest BCUT2D eigenvalue weighted by molar-refractivity contribution is -0.130. The summed E-state index contributed by atoms with van der Waals surface area (Å²) >= 11 is 0. The van der Waals surface area contributed by atoms with Crippen LogP contribution in [0.4, 0.5) is 5.69 Å². The number of ether oxygens (including phenoxy) is 1. The molecule has 2 aliphatic rings. The van der Waals surface area contributed by atoms with Gasteiger partial charge in [0.1, 0.15) is 12.4 Å². The molecule has 1 aromatic rings. The molecule has 0 aliphatic carbocycles. The highest BCUT2D eigenvalue weighted by molar-refractivity contribution is 7.89. The van der Waals surface area contributed by atoms with Crippen LogP contribution in [0, 0.1) is 0 Å². The van der Waals surface area contributed by atoms with Crippen molar-refractivity contribution in [2.24, 2.45) is 0 Å². The van der Waals surface area contributed by atoms with E-state index in [1.54, 1.807) is 11.0 Å². The third kappa shape index (κ3) is 3.34. The average molecular weight is 367 g/mol. The molecule has 1 saturated heterocycles.